The lowest BCUT2D eigenvalue weighted by Crippen LogP contribution is -2.11. The molecule has 2 nitrogen and oxygen atoms in total. The van der Waals surface area contributed by atoms with Gasteiger partial charge in [0.1, 0.15) is 0 Å². The van der Waals surface area contributed by atoms with Crippen molar-refractivity contribution < 1.29 is 0 Å². The summed E-state index contributed by atoms with van der Waals surface area (Å²) in [7, 11) is 0. The molecule has 0 saturated heterocycles. The third-order valence-electron chi connectivity index (χ3n) is 3.56. The standard InChI is InChI=1S/C18H16N2/c19-13-11-17(15-7-3-1-4-8-15)18(12-14-20)16-9-5-2-6-10-16/h1-10,17-18H,11-12H2. The van der Waals surface area contributed by atoms with Gasteiger partial charge < -0.3 is 0 Å². The van der Waals surface area contributed by atoms with Crippen LogP contribution in [0.25, 0.3) is 0 Å². The highest BCUT2D eigenvalue weighted by Crippen LogP contribution is 2.37. The molecule has 2 rings (SSSR count). The lowest BCUT2D eigenvalue weighted by molar-refractivity contribution is 0.554. The predicted octanol–water partition coefficient (Wildman–Crippen LogP) is 4.38. The van der Waals surface area contributed by atoms with Gasteiger partial charge in [-0.2, -0.15) is 10.5 Å². The van der Waals surface area contributed by atoms with E-state index in [0.29, 0.717) is 12.8 Å². The average molecular weight is 260 g/mol. The maximum absolute atomic E-state index is 9.13. The lowest BCUT2D eigenvalue weighted by atomic mass is 9.78. The Morgan fingerprint density at radius 3 is 1.30 bits per heavy atom. The molecule has 20 heavy (non-hydrogen) atoms. The van der Waals surface area contributed by atoms with Gasteiger partial charge in [-0.1, -0.05) is 60.7 Å². The van der Waals surface area contributed by atoms with E-state index >= 15 is 0 Å². The normalized spacial score (nSPS) is 12.9. The van der Waals surface area contributed by atoms with Crippen molar-refractivity contribution >= 4 is 0 Å². The second-order valence-corrected chi connectivity index (χ2v) is 4.76. The Hall–Kier alpha value is -2.58. The molecule has 2 atom stereocenters. The van der Waals surface area contributed by atoms with Gasteiger partial charge in [0.05, 0.1) is 12.1 Å². The van der Waals surface area contributed by atoms with E-state index in [9.17, 15) is 0 Å². The highest BCUT2D eigenvalue weighted by Gasteiger charge is 2.24. The summed E-state index contributed by atoms with van der Waals surface area (Å²) in [5, 5.41) is 18.3. The van der Waals surface area contributed by atoms with Crippen LogP contribution in [-0.2, 0) is 0 Å². The zero-order valence-electron chi connectivity index (χ0n) is 11.2. The Kier molecular flexibility index (Phi) is 4.93. The van der Waals surface area contributed by atoms with E-state index in [1.165, 1.54) is 0 Å². The summed E-state index contributed by atoms with van der Waals surface area (Å²) in [4.78, 5) is 0. The van der Waals surface area contributed by atoms with Crippen LogP contribution in [0, 0.1) is 22.7 Å². The summed E-state index contributed by atoms with van der Waals surface area (Å²) >= 11 is 0. The fourth-order valence-electron chi connectivity index (χ4n) is 2.58. The van der Waals surface area contributed by atoms with E-state index in [0.717, 1.165) is 11.1 Å². The van der Waals surface area contributed by atoms with Crippen LogP contribution in [0.3, 0.4) is 0 Å². The molecule has 0 N–H and O–H groups in total. The summed E-state index contributed by atoms with van der Waals surface area (Å²) in [6.07, 6.45) is 0.844. The van der Waals surface area contributed by atoms with Crippen molar-refractivity contribution in [2.24, 2.45) is 0 Å². The first kappa shape index (κ1) is 13.8. The zero-order valence-corrected chi connectivity index (χ0v) is 11.2. The molecule has 0 amide bonds. The van der Waals surface area contributed by atoms with Crippen molar-refractivity contribution in [3.8, 4) is 12.1 Å². The quantitative estimate of drug-likeness (QED) is 0.800. The maximum atomic E-state index is 9.13. The minimum atomic E-state index is 0.0586. The minimum Gasteiger partial charge on any atom is -0.198 e. The minimum absolute atomic E-state index is 0.0586. The lowest BCUT2D eigenvalue weighted by Gasteiger charge is -2.24. The van der Waals surface area contributed by atoms with Crippen molar-refractivity contribution in [2.75, 3.05) is 0 Å². The summed E-state index contributed by atoms with van der Waals surface area (Å²) < 4.78 is 0. The fourth-order valence-corrected chi connectivity index (χ4v) is 2.58. The Morgan fingerprint density at radius 2 is 1.00 bits per heavy atom. The second-order valence-electron chi connectivity index (χ2n) is 4.76. The highest BCUT2D eigenvalue weighted by atomic mass is 14.3. The first-order chi connectivity index (χ1) is 9.86. The topological polar surface area (TPSA) is 47.6 Å². The molecule has 0 radical (unpaired) electrons. The number of rotatable bonds is 5. The van der Waals surface area contributed by atoms with Crippen LogP contribution in [0.1, 0.15) is 35.8 Å². The summed E-state index contributed by atoms with van der Waals surface area (Å²) in [5.41, 5.74) is 2.25. The van der Waals surface area contributed by atoms with E-state index < -0.39 is 0 Å². The number of benzene rings is 2. The fraction of sp³-hybridized carbons (Fsp3) is 0.222. The molecule has 2 aromatic rings. The van der Waals surface area contributed by atoms with E-state index in [1.807, 2.05) is 60.7 Å². The van der Waals surface area contributed by atoms with Crippen molar-refractivity contribution in [3.63, 3.8) is 0 Å². The molecule has 0 aliphatic heterocycles. The van der Waals surface area contributed by atoms with E-state index in [4.69, 9.17) is 10.5 Å². The van der Waals surface area contributed by atoms with Crippen LogP contribution >= 0.6 is 0 Å². The molecule has 0 aliphatic rings. The largest absolute Gasteiger partial charge is 0.198 e. The van der Waals surface area contributed by atoms with Crippen molar-refractivity contribution in [1.82, 2.24) is 0 Å². The van der Waals surface area contributed by atoms with Crippen LogP contribution in [-0.4, -0.2) is 0 Å². The van der Waals surface area contributed by atoms with Gasteiger partial charge in [-0.3, -0.25) is 0 Å². The van der Waals surface area contributed by atoms with Gasteiger partial charge in [-0.25, -0.2) is 0 Å². The first-order valence-corrected chi connectivity index (χ1v) is 6.70. The Bertz CT molecular complexity index is 548. The predicted molar refractivity (Wildman–Crippen MR) is 78.8 cm³/mol. The average Bonchev–Trinajstić information content (AvgIpc) is 2.52. The summed E-state index contributed by atoms with van der Waals surface area (Å²) in [6, 6.07) is 24.5. The maximum Gasteiger partial charge on any atom is 0.0628 e. The Labute approximate surface area is 119 Å². The number of hydrogen-bond acceptors (Lipinski definition) is 2. The molecule has 0 heterocycles. The molecular weight excluding hydrogens is 244 g/mol. The van der Waals surface area contributed by atoms with Crippen molar-refractivity contribution in [3.05, 3.63) is 71.8 Å². The Balaban J connectivity index is 2.39. The molecule has 98 valence electrons. The first-order valence-electron chi connectivity index (χ1n) is 6.70. The highest BCUT2D eigenvalue weighted by molar-refractivity contribution is 5.30. The molecule has 0 fully saturated rings. The van der Waals surface area contributed by atoms with Gasteiger partial charge in [-0.15, -0.1) is 0 Å². The van der Waals surface area contributed by atoms with Crippen LogP contribution in [0.2, 0.25) is 0 Å². The van der Waals surface area contributed by atoms with Crippen LogP contribution in [0.5, 0.6) is 0 Å². The van der Waals surface area contributed by atoms with Crippen LogP contribution < -0.4 is 0 Å². The number of nitriles is 2. The third-order valence-corrected chi connectivity index (χ3v) is 3.56. The monoisotopic (exact) mass is 260 g/mol. The van der Waals surface area contributed by atoms with Crippen molar-refractivity contribution in [2.45, 2.75) is 24.7 Å². The molecule has 2 aromatic carbocycles. The van der Waals surface area contributed by atoms with Gasteiger partial charge >= 0.3 is 0 Å². The van der Waals surface area contributed by atoms with Crippen molar-refractivity contribution in [1.29, 1.82) is 10.5 Å². The summed E-state index contributed by atoms with van der Waals surface area (Å²) in [5.74, 6) is 0.117. The van der Waals surface area contributed by atoms with Gasteiger partial charge in [0.2, 0.25) is 0 Å². The smallest absolute Gasteiger partial charge is 0.0628 e. The number of hydrogen-bond donors (Lipinski definition) is 0. The number of nitrogens with zero attached hydrogens (tertiary/aromatic N) is 2. The van der Waals surface area contributed by atoms with Gasteiger partial charge in [0, 0.05) is 24.7 Å². The molecule has 0 bridgehead atoms. The molecule has 2 unspecified atom stereocenters. The Morgan fingerprint density at radius 1 is 0.650 bits per heavy atom. The molecule has 0 aromatic heterocycles. The van der Waals surface area contributed by atoms with E-state index in [-0.39, 0.29) is 11.8 Å². The summed E-state index contributed by atoms with van der Waals surface area (Å²) in [6.45, 7) is 0. The van der Waals surface area contributed by atoms with Gasteiger partial charge in [-0.05, 0) is 11.1 Å². The van der Waals surface area contributed by atoms with E-state index in [2.05, 4.69) is 12.1 Å². The zero-order chi connectivity index (χ0) is 14.2. The van der Waals surface area contributed by atoms with Gasteiger partial charge in [0.25, 0.3) is 0 Å². The SMILES string of the molecule is N#CCC(c1ccccc1)C(CC#N)c1ccccc1. The van der Waals surface area contributed by atoms with Crippen LogP contribution in [0.4, 0.5) is 0 Å². The van der Waals surface area contributed by atoms with Gasteiger partial charge in [0.15, 0.2) is 0 Å². The molecule has 0 saturated carbocycles. The molecule has 0 aliphatic carbocycles. The molecular formula is C18H16N2. The van der Waals surface area contributed by atoms with Crippen LogP contribution in [0.15, 0.2) is 60.7 Å². The molecule has 2 heteroatoms. The third kappa shape index (κ3) is 3.25. The molecule has 0 spiro atoms. The second kappa shape index (κ2) is 7.12. The van der Waals surface area contributed by atoms with E-state index in [1.54, 1.807) is 0 Å².